The predicted molar refractivity (Wildman–Crippen MR) is 73.6 cm³/mol. The molecule has 100 valence electrons. The third-order valence-electron chi connectivity index (χ3n) is 2.72. The number of nitrogens with two attached hydrogens (primary N) is 1. The van der Waals surface area contributed by atoms with E-state index in [0.29, 0.717) is 12.1 Å². The van der Waals surface area contributed by atoms with Crippen LogP contribution in [-0.4, -0.2) is 43.0 Å². The summed E-state index contributed by atoms with van der Waals surface area (Å²) in [6.07, 6.45) is 1.58. The van der Waals surface area contributed by atoms with E-state index in [-0.39, 0.29) is 11.3 Å². The predicted octanol–water partition coefficient (Wildman–Crippen LogP) is 1.18. The lowest BCUT2D eigenvalue weighted by molar-refractivity contribution is 0.0827. The summed E-state index contributed by atoms with van der Waals surface area (Å²) in [5.74, 6) is 0.711. The Balaban J connectivity index is 2.64. The number of carbonyl (C=O) groups is 1. The molecule has 0 unspecified atom stereocenters. The van der Waals surface area contributed by atoms with E-state index in [2.05, 4.69) is 24.1 Å². The van der Waals surface area contributed by atoms with Crippen LogP contribution < -0.4 is 11.1 Å². The summed E-state index contributed by atoms with van der Waals surface area (Å²) in [5.41, 5.74) is 6.27. The summed E-state index contributed by atoms with van der Waals surface area (Å²) < 4.78 is 0. The summed E-state index contributed by atoms with van der Waals surface area (Å²) in [4.78, 5) is 17.4. The molecule has 0 aromatic carbocycles. The van der Waals surface area contributed by atoms with Gasteiger partial charge in [0.15, 0.2) is 0 Å². The normalized spacial score (nSPS) is 11.2. The minimum absolute atomic E-state index is 0.0276. The van der Waals surface area contributed by atoms with Crippen molar-refractivity contribution in [3.05, 3.63) is 23.9 Å². The molecule has 1 aromatic heterocycles. The highest BCUT2D eigenvalue weighted by Crippen LogP contribution is 2.14. The fraction of sp³-hybridized carbons (Fsp3) is 0.538. The van der Waals surface area contributed by atoms with Crippen LogP contribution in [0.2, 0.25) is 0 Å². The summed E-state index contributed by atoms with van der Waals surface area (Å²) >= 11 is 0. The maximum atomic E-state index is 11.7. The second-order valence-corrected chi connectivity index (χ2v) is 5.35. The van der Waals surface area contributed by atoms with Gasteiger partial charge in [-0.05, 0) is 24.1 Å². The standard InChI is InChI=1S/C13H22N4O/c1-13(2,8-14)9-16-11-6-5-10(7-15-11)12(18)17(3)4/h5-7H,8-9,14H2,1-4H3,(H,15,16). The molecule has 5 heteroatoms. The summed E-state index contributed by atoms with van der Waals surface area (Å²) in [5, 5.41) is 3.22. The Morgan fingerprint density at radius 2 is 2.11 bits per heavy atom. The lowest BCUT2D eigenvalue weighted by Crippen LogP contribution is -2.31. The Morgan fingerprint density at radius 1 is 1.44 bits per heavy atom. The summed E-state index contributed by atoms with van der Waals surface area (Å²) in [6.45, 7) is 5.53. The van der Waals surface area contributed by atoms with Gasteiger partial charge in [-0.2, -0.15) is 0 Å². The molecule has 0 aliphatic carbocycles. The van der Waals surface area contributed by atoms with E-state index in [1.165, 1.54) is 4.90 Å². The third kappa shape index (κ3) is 4.00. The molecule has 5 nitrogen and oxygen atoms in total. The Kier molecular flexibility index (Phi) is 4.67. The van der Waals surface area contributed by atoms with Gasteiger partial charge in [-0.1, -0.05) is 13.8 Å². The van der Waals surface area contributed by atoms with E-state index in [0.717, 1.165) is 12.4 Å². The zero-order valence-corrected chi connectivity index (χ0v) is 11.5. The second kappa shape index (κ2) is 5.82. The largest absolute Gasteiger partial charge is 0.369 e. The highest BCUT2D eigenvalue weighted by atomic mass is 16.2. The molecular weight excluding hydrogens is 228 g/mol. The van der Waals surface area contributed by atoms with Crippen LogP contribution in [0.1, 0.15) is 24.2 Å². The van der Waals surface area contributed by atoms with Crippen LogP contribution in [0.15, 0.2) is 18.3 Å². The van der Waals surface area contributed by atoms with E-state index in [1.54, 1.807) is 26.4 Å². The molecule has 0 saturated carbocycles. The van der Waals surface area contributed by atoms with Crippen molar-refractivity contribution in [3.8, 4) is 0 Å². The molecule has 1 rings (SSSR count). The Bertz CT molecular complexity index is 398. The molecule has 0 bridgehead atoms. The van der Waals surface area contributed by atoms with Gasteiger partial charge in [0.2, 0.25) is 0 Å². The lowest BCUT2D eigenvalue weighted by atomic mass is 9.94. The quantitative estimate of drug-likeness (QED) is 0.823. The molecule has 0 fully saturated rings. The monoisotopic (exact) mass is 250 g/mol. The van der Waals surface area contributed by atoms with Crippen molar-refractivity contribution in [2.45, 2.75) is 13.8 Å². The van der Waals surface area contributed by atoms with Gasteiger partial charge in [-0.15, -0.1) is 0 Å². The molecule has 0 aliphatic rings. The van der Waals surface area contributed by atoms with E-state index >= 15 is 0 Å². The molecule has 1 amide bonds. The van der Waals surface area contributed by atoms with Crippen LogP contribution >= 0.6 is 0 Å². The molecule has 0 radical (unpaired) electrons. The second-order valence-electron chi connectivity index (χ2n) is 5.35. The lowest BCUT2D eigenvalue weighted by Gasteiger charge is -2.22. The van der Waals surface area contributed by atoms with Crippen molar-refractivity contribution in [3.63, 3.8) is 0 Å². The highest BCUT2D eigenvalue weighted by Gasteiger charge is 2.15. The number of amides is 1. The fourth-order valence-electron chi connectivity index (χ4n) is 1.29. The number of pyridine rings is 1. The first-order valence-corrected chi connectivity index (χ1v) is 5.97. The Morgan fingerprint density at radius 3 is 2.56 bits per heavy atom. The highest BCUT2D eigenvalue weighted by molar-refractivity contribution is 5.93. The van der Waals surface area contributed by atoms with Crippen LogP contribution in [0.4, 0.5) is 5.82 Å². The maximum Gasteiger partial charge on any atom is 0.254 e. The first-order chi connectivity index (χ1) is 8.35. The summed E-state index contributed by atoms with van der Waals surface area (Å²) in [7, 11) is 3.44. The van der Waals surface area contributed by atoms with Gasteiger partial charge < -0.3 is 16.0 Å². The number of aromatic nitrogens is 1. The Hall–Kier alpha value is -1.62. The van der Waals surface area contributed by atoms with Gasteiger partial charge in [0.05, 0.1) is 5.56 Å². The van der Waals surface area contributed by atoms with Gasteiger partial charge >= 0.3 is 0 Å². The number of nitrogens with zero attached hydrogens (tertiary/aromatic N) is 2. The van der Waals surface area contributed by atoms with Crippen molar-refractivity contribution in [2.24, 2.45) is 11.1 Å². The number of anilines is 1. The van der Waals surface area contributed by atoms with E-state index in [4.69, 9.17) is 5.73 Å². The average molecular weight is 250 g/mol. The average Bonchev–Trinajstić information content (AvgIpc) is 2.36. The molecule has 1 aromatic rings. The maximum absolute atomic E-state index is 11.7. The first-order valence-electron chi connectivity index (χ1n) is 5.97. The summed E-state index contributed by atoms with van der Waals surface area (Å²) in [6, 6.07) is 3.58. The molecule has 0 aliphatic heterocycles. The number of hydrogen-bond donors (Lipinski definition) is 2. The molecule has 3 N–H and O–H groups in total. The number of rotatable bonds is 5. The zero-order valence-electron chi connectivity index (χ0n) is 11.5. The third-order valence-corrected chi connectivity index (χ3v) is 2.72. The van der Waals surface area contributed by atoms with Crippen molar-refractivity contribution in [1.82, 2.24) is 9.88 Å². The van der Waals surface area contributed by atoms with Crippen molar-refractivity contribution < 1.29 is 4.79 Å². The number of carbonyl (C=O) groups excluding carboxylic acids is 1. The van der Waals surface area contributed by atoms with Gasteiger partial charge in [-0.25, -0.2) is 4.98 Å². The first kappa shape index (κ1) is 14.4. The minimum atomic E-state index is -0.0451. The number of hydrogen-bond acceptors (Lipinski definition) is 4. The van der Waals surface area contributed by atoms with Crippen LogP contribution in [0.25, 0.3) is 0 Å². The fourth-order valence-corrected chi connectivity index (χ4v) is 1.29. The molecule has 18 heavy (non-hydrogen) atoms. The molecule has 0 atom stereocenters. The van der Waals surface area contributed by atoms with Crippen molar-refractivity contribution >= 4 is 11.7 Å². The van der Waals surface area contributed by atoms with Crippen LogP contribution in [0.5, 0.6) is 0 Å². The molecular formula is C13H22N4O. The smallest absolute Gasteiger partial charge is 0.254 e. The van der Waals surface area contributed by atoms with Crippen molar-refractivity contribution in [2.75, 3.05) is 32.5 Å². The van der Waals surface area contributed by atoms with E-state index < -0.39 is 0 Å². The molecule has 0 spiro atoms. The van der Waals surface area contributed by atoms with Gasteiger partial charge in [0.1, 0.15) is 5.82 Å². The molecule has 0 saturated heterocycles. The van der Waals surface area contributed by atoms with Gasteiger partial charge in [0.25, 0.3) is 5.91 Å². The van der Waals surface area contributed by atoms with Gasteiger partial charge in [-0.3, -0.25) is 4.79 Å². The Labute approximate surface area is 108 Å². The van der Waals surface area contributed by atoms with E-state index in [1.807, 2.05) is 6.07 Å². The zero-order chi connectivity index (χ0) is 13.8. The van der Waals surface area contributed by atoms with Crippen LogP contribution in [0.3, 0.4) is 0 Å². The minimum Gasteiger partial charge on any atom is -0.369 e. The van der Waals surface area contributed by atoms with Gasteiger partial charge in [0, 0.05) is 26.8 Å². The number of nitrogens with one attached hydrogen (secondary N) is 1. The SMILES string of the molecule is CN(C)C(=O)c1ccc(NCC(C)(C)CN)nc1. The van der Waals surface area contributed by atoms with Crippen molar-refractivity contribution in [1.29, 1.82) is 0 Å². The molecule has 1 heterocycles. The van der Waals surface area contributed by atoms with Crippen LogP contribution in [0, 0.1) is 5.41 Å². The van der Waals surface area contributed by atoms with Crippen LogP contribution in [-0.2, 0) is 0 Å². The topological polar surface area (TPSA) is 71.2 Å². The van der Waals surface area contributed by atoms with E-state index in [9.17, 15) is 4.79 Å².